The van der Waals surface area contributed by atoms with Crippen LogP contribution in [0.15, 0.2) is 42.5 Å². The number of halogens is 2. The minimum absolute atomic E-state index is 0.0427. The van der Waals surface area contributed by atoms with E-state index in [0.717, 1.165) is 11.3 Å². The maximum Gasteiger partial charge on any atom is 0.271 e. The molecule has 1 fully saturated rings. The topological polar surface area (TPSA) is 92.7 Å². The van der Waals surface area contributed by atoms with Crippen LogP contribution in [0.25, 0.3) is 0 Å². The number of rotatable bonds is 5. The van der Waals surface area contributed by atoms with E-state index in [1.54, 1.807) is 30.3 Å². The van der Waals surface area contributed by atoms with Gasteiger partial charge >= 0.3 is 0 Å². The summed E-state index contributed by atoms with van der Waals surface area (Å²) >= 11 is 12.1. The van der Waals surface area contributed by atoms with Crippen molar-refractivity contribution in [3.63, 3.8) is 0 Å². The molecule has 2 aromatic rings. The van der Waals surface area contributed by atoms with Gasteiger partial charge in [-0.3, -0.25) is 19.8 Å². The summed E-state index contributed by atoms with van der Waals surface area (Å²) in [5.41, 5.74) is 7.14. The highest BCUT2D eigenvalue weighted by Gasteiger charge is 2.29. The van der Waals surface area contributed by atoms with Crippen LogP contribution in [0.1, 0.15) is 11.6 Å². The third-order valence-corrected chi connectivity index (χ3v) is 5.17. The van der Waals surface area contributed by atoms with Gasteiger partial charge in [0.05, 0.1) is 15.6 Å². The van der Waals surface area contributed by atoms with Crippen LogP contribution in [0.4, 0.5) is 11.4 Å². The maximum atomic E-state index is 12.0. The number of carbonyl (C=O) groups is 1. The number of amides is 1. The molecule has 3 rings (SSSR count). The van der Waals surface area contributed by atoms with Gasteiger partial charge in [-0.2, -0.15) is 0 Å². The van der Waals surface area contributed by atoms with Crippen molar-refractivity contribution in [3.8, 4) is 0 Å². The van der Waals surface area contributed by atoms with Crippen molar-refractivity contribution >= 4 is 40.5 Å². The van der Waals surface area contributed by atoms with Gasteiger partial charge in [-0.05, 0) is 23.8 Å². The molecular weight excluding hydrogens is 391 g/mol. The first-order valence-electron chi connectivity index (χ1n) is 8.34. The van der Waals surface area contributed by atoms with Crippen molar-refractivity contribution < 1.29 is 9.72 Å². The van der Waals surface area contributed by atoms with Crippen molar-refractivity contribution in [3.05, 3.63) is 68.2 Å². The molecule has 0 saturated carbocycles. The standard InChI is InChI=1S/C18H18Cl2N4O3/c19-13-3-1-12(2-4-13)17(18(21)25)23-9-7-22(8-10-23)16-6-5-14(24(26)27)11-15(16)20/h1-6,11,17H,7-10H2,(H2,21,25)/t17-/m1/s1. The Kier molecular flexibility index (Phi) is 5.84. The summed E-state index contributed by atoms with van der Waals surface area (Å²) < 4.78 is 0. The molecule has 2 aromatic carbocycles. The Morgan fingerprint density at radius 3 is 2.22 bits per heavy atom. The number of anilines is 1. The molecule has 2 N–H and O–H groups in total. The van der Waals surface area contributed by atoms with Gasteiger partial charge in [-0.15, -0.1) is 0 Å². The molecule has 0 aromatic heterocycles. The number of nitrogens with zero attached hydrogens (tertiary/aromatic N) is 3. The van der Waals surface area contributed by atoms with Gasteiger partial charge < -0.3 is 10.6 Å². The number of non-ortho nitro benzene ring substituents is 1. The van der Waals surface area contributed by atoms with Crippen LogP contribution in [-0.4, -0.2) is 41.9 Å². The zero-order valence-electron chi connectivity index (χ0n) is 14.3. The lowest BCUT2D eigenvalue weighted by atomic mass is 10.0. The number of nitro benzene ring substituents is 1. The molecule has 27 heavy (non-hydrogen) atoms. The zero-order chi connectivity index (χ0) is 19.6. The number of carbonyl (C=O) groups excluding carboxylic acids is 1. The largest absolute Gasteiger partial charge is 0.368 e. The second-order valence-electron chi connectivity index (χ2n) is 6.27. The van der Waals surface area contributed by atoms with Crippen LogP contribution in [0.3, 0.4) is 0 Å². The molecule has 1 amide bonds. The summed E-state index contributed by atoms with van der Waals surface area (Å²) in [6.07, 6.45) is 0. The molecular formula is C18H18Cl2N4O3. The van der Waals surface area contributed by atoms with E-state index in [1.165, 1.54) is 12.1 Å². The predicted molar refractivity (Wildman–Crippen MR) is 105 cm³/mol. The maximum absolute atomic E-state index is 12.0. The summed E-state index contributed by atoms with van der Waals surface area (Å²) in [5.74, 6) is -0.417. The highest BCUT2D eigenvalue weighted by molar-refractivity contribution is 6.33. The normalized spacial score (nSPS) is 16.1. The van der Waals surface area contributed by atoms with Gasteiger partial charge in [0.25, 0.3) is 5.69 Å². The predicted octanol–water partition coefficient (Wildman–Crippen LogP) is 3.25. The fourth-order valence-corrected chi connectivity index (χ4v) is 3.71. The van der Waals surface area contributed by atoms with Crippen LogP contribution < -0.4 is 10.6 Å². The van der Waals surface area contributed by atoms with E-state index in [9.17, 15) is 14.9 Å². The molecule has 0 radical (unpaired) electrons. The lowest BCUT2D eigenvalue weighted by Crippen LogP contribution is -2.50. The summed E-state index contributed by atoms with van der Waals surface area (Å²) in [6.45, 7) is 2.44. The number of nitrogens with two attached hydrogens (primary N) is 1. The van der Waals surface area contributed by atoms with Crippen molar-refractivity contribution in [2.75, 3.05) is 31.1 Å². The van der Waals surface area contributed by atoms with E-state index in [0.29, 0.717) is 36.2 Å². The van der Waals surface area contributed by atoms with Crippen LogP contribution in [0.5, 0.6) is 0 Å². The van der Waals surface area contributed by atoms with Gasteiger partial charge in [0, 0.05) is 43.3 Å². The third kappa shape index (κ3) is 4.32. The average molecular weight is 409 g/mol. The van der Waals surface area contributed by atoms with E-state index < -0.39 is 16.9 Å². The van der Waals surface area contributed by atoms with Crippen LogP contribution in [0, 0.1) is 10.1 Å². The van der Waals surface area contributed by atoms with Crippen LogP contribution in [-0.2, 0) is 4.79 Å². The quantitative estimate of drug-likeness (QED) is 0.605. The van der Waals surface area contributed by atoms with E-state index >= 15 is 0 Å². The first-order chi connectivity index (χ1) is 12.9. The summed E-state index contributed by atoms with van der Waals surface area (Å²) in [7, 11) is 0. The molecule has 7 nitrogen and oxygen atoms in total. The molecule has 1 heterocycles. The Morgan fingerprint density at radius 2 is 1.70 bits per heavy atom. The number of primary amides is 1. The third-order valence-electron chi connectivity index (χ3n) is 4.62. The number of benzene rings is 2. The molecule has 0 bridgehead atoms. The van der Waals surface area contributed by atoms with Gasteiger partial charge in [0.15, 0.2) is 0 Å². The zero-order valence-corrected chi connectivity index (χ0v) is 15.9. The second-order valence-corrected chi connectivity index (χ2v) is 7.12. The van der Waals surface area contributed by atoms with Gasteiger partial charge in [0.2, 0.25) is 5.91 Å². The number of nitro groups is 1. The average Bonchev–Trinajstić information content (AvgIpc) is 2.64. The van der Waals surface area contributed by atoms with Crippen molar-refractivity contribution in [2.45, 2.75) is 6.04 Å². The minimum Gasteiger partial charge on any atom is -0.368 e. The smallest absolute Gasteiger partial charge is 0.271 e. The van der Waals surface area contributed by atoms with E-state index in [-0.39, 0.29) is 5.69 Å². The Morgan fingerprint density at radius 1 is 1.07 bits per heavy atom. The molecule has 1 atom stereocenters. The van der Waals surface area contributed by atoms with E-state index in [4.69, 9.17) is 28.9 Å². The number of piperazine rings is 1. The van der Waals surface area contributed by atoms with Gasteiger partial charge in [0.1, 0.15) is 6.04 Å². The Labute approximate surface area is 166 Å². The van der Waals surface area contributed by atoms with E-state index in [1.807, 2.05) is 9.80 Å². The highest BCUT2D eigenvalue weighted by atomic mass is 35.5. The molecule has 1 aliphatic rings. The summed E-state index contributed by atoms with van der Waals surface area (Å²) in [4.78, 5) is 26.5. The monoisotopic (exact) mass is 408 g/mol. The van der Waals surface area contributed by atoms with Crippen molar-refractivity contribution in [2.24, 2.45) is 5.73 Å². The number of hydrogen-bond donors (Lipinski definition) is 1. The molecule has 0 aliphatic carbocycles. The number of hydrogen-bond acceptors (Lipinski definition) is 5. The van der Waals surface area contributed by atoms with Crippen molar-refractivity contribution in [1.29, 1.82) is 0 Å². The van der Waals surface area contributed by atoms with E-state index in [2.05, 4.69) is 0 Å². The lowest BCUT2D eigenvalue weighted by Gasteiger charge is -2.39. The Hall–Kier alpha value is -2.35. The Bertz CT molecular complexity index is 852. The Balaban J connectivity index is 1.73. The fraction of sp³-hybridized carbons (Fsp3) is 0.278. The first-order valence-corrected chi connectivity index (χ1v) is 9.10. The molecule has 0 unspecified atom stereocenters. The summed E-state index contributed by atoms with van der Waals surface area (Å²) in [6, 6.07) is 11.0. The van der Waals surface area contributed by atoms with Crippen LogP contribution in [0.2, 0.25) is 10.0 Å². The molecule has 0 spiro atoms. The highest BCUT2D eigenvalue weighted by Crippen LogP contribution is 2.31. The molecule has 1 aliphatic heterocycles. The lowest BCUT2D eigenvalue weighted by molar-refractivity contribution is -0.384. The van der Waals surface area contributed by atoms with Crippen LogP contribution >= 0.6 is 23.2 Å². The van der Waals surface area contributed by atoms with Gasteiger partial charge in [-0.25, -0.2) is 0 Å². The first kappa shape index (κ1) is 19.4. The molecule has 142 valence electrons. The second kappa shape index (κ2) is 8.12. The molecule has 1 saturated heterocycles. The van der Waals surface area contributed by atoms with Gasteiger partial charge in [-0.1, -0.05) is 35.3 Å². The fourth-order valence-electron chi connectivity index (χ4n) is 3.29. The summed E-state index contributed by atoms with van der Waals surface area (Å²) in [5, 5.41) is 11.8. The SMILES string of the molecule is NC(=O)[C@@H](c1ccc(Cl)cc1)N1CCN(c2ccc([N+](=O)[O-])cc2Cl)CC1. The molecule has 9 heteroatoms. The van der Waals surface area contributed by atoms with Crippen molar-refractivity contribution in [1.82, 2.24) is 4.90 Å². The minimum atomic E-state index is -0.531.